The van der Waals surface area contributed by atoms with E-state index < -0.39 is 0 Å². The van der Waals surface area contributed by atoms with Gasteiger partial charge in [-0.25, -0.2) is 0 Å². The number of rotatable bonds is 4. The van der Waals surface area contributed by atoms with Gasteiger partial charge in [0.1, 0.15) is 0 Å². The van der Waals surface area contributed by atoms with E-state index in [-0.39, 0.29) is 12.7 Å². The lowest BCUT2D eigenvalue weighted by Gasteiger charge is -2.14. The maximum Gasteiger partial charge on any atom is 0.257 e. The fraction of sp³-hybridized carbons (Fsp3) is 0.333. The molecule has 124 valence electrons. The highest BCUT2D eigenvalue weighted by Crippen LogP contribution is 2.34. The van der Waals surface area contributed by atoms with Crippen LogP contribution in [0.15, 0.2) is 36.7 Å². The first-order valence-electron chi connectivity index (χ1n) is 8.20. The third-order valence-corrected chi connectivity index (χ3v) is 4.36. The van der Waals surface area contributed by atoms with Crippen molar-refractivity contribution in [2.24, 2.45) is 0 Å². The molecule has 2 heterocycles. The molecular weight excluding hydrogens is 306 g/mol. The average molecular weight is 325 g/mol. The molecule has 1 aliphatic heterocycles. The number of hydrogen-bond acceptors (Lipinski definition) is 5. The van der Waals surface area contributed by atoms with Crippen molar-refractivity contribution in [1.82, 2.24) is 4.98 Å². The molecule has 2 N–H and O–H groups in total. The summed E-state index contributed by atoms with van der Waals surface area (Å²) >= 11 is 0. The van der Waals surface area contributed by atoms with Crippen LogP contribution in [-0.2, 0) is 0 Å². The van der Waals surface area contributed by atoms with Crippen LogP contribution in [-0.4, -0.2) is 23.7 Å². The van der Waals surface area contributed by atoms with Gasteiger partial charge in [-0.05, 0) is 31.0 Å². The lowest BCUT2D eigenvalue weighted by atomic mass is 10.2. The molecule has 0 bridgehead atoms. The zero-order valence-corrected chi connectivity index (χ0v) is 13.2. The second kappa shape index (κ2) is 6.39. The number of hydrogen-bond donors (Lipinski definition) is 2. The summed E-state index contributed by atoms with van der Waals surface area (Å²) in [7, 11) is 0. The highest BCUT2D eigenvalue weighted by Gasteiger charge is 2.17. The van der Waals surface area contributed by atoms with Gasteiger partial charge in [0.05, 0.1) is 11.3 Å². The number of benzene rings is 1. The third kappa shape index (κ3) is 3.13. The van der Waals surface area contributed by atoms with Crippen LogP contribution in [0.2, 0.25) is 0 Å². The lowest BCUT2D eigenvalue weighted by molar-refractivity contribution is 0.102. The lowest BCUT2D eigenvalue weighted by Crippen LogP contribution is -2.16. The fourth-order valence-electron chi connectivity index (χ4n) is 3.13. The third-order valence-electron chi connectivity index (χ3n) is 4.36. The zero-order chi connectivity index (χ0) is 16.4. The molecule has 0 saturated heterocycles. The van der Waals surface area contributed by atoms with Crippen molar-refractivity contribution in [1.29, 1.82) is 0 Å². The predicted molar refractivity (Wildman–Crippen MR) is 90.6 cm³/mol. The van der Waals surface area contributed by atoms with E-state index in [4.69, 9.17) is 9.47 Å². The van der Waals surface area contributed by atoms with Gasteiger partial charge in [0.2, 0.25) is 6.79 Å². The van der Waals surface area contributed by atoms with E-state index in [9.17, 15) is 4.79 Å². The van der Waals surface area contributed by atoms with Crippen LogP contribution in [0.1, 0.15) is 36.0 Å². The molecule has 1 aromatic heterocycles. The van der Waals surface area contributed by atoms with Crippen molar-refractivity contribution in [3.63, 3.8) is 0 Å². The van der Waals surface area contributed by atoms with Gasteiger partial charge in [-0.1, -0.05) is 12.8 Å². The first-order valence-corrected chi connectivity index (χ1v) is 8.20. The molecule has 1 amide bonds. The van der Waals surface area contributed by atoms with Crippen LogP contribution in [0, 0.1) is 0 Å². The summed E-state index contributed by atoms with van der Waals surface area (Å²) in [6, 6.07) is 7.66. The molecule has 0 spiro atoms. The highest BCUT2D eigenvalue weighted by atomic mass is 16.7. The van der Waals surface area contributed by atoms with E-state index in [0.717, 1.165) is 5.69 Å². The van der Waals surface area contributed by atoms with Crippen molar-refractivity contribution in [2.75, 3.05) is 17.4 Å². The van der Waals surface area contributed by atoms with E-state index in [2.05, 4.69) is 15.6 Å². The molecule has 0 radical (unpaired) electrons. The molecule has 0 atom stereocenters. The summed E-state index contributed by atoms with van der Waals surface area (Å²) in [5.74, 6) is 1.14. The van der Waals surface area contributed by atoms with Crippen LogP contribution in [0.25, 0.3) is 0 Å². The van der Waals surface area contributed by atoms with Crippen LogP contribution < -0.4 is 20.1 Å². The van der Waals surface area contributed by atoms with Gasteiger partial charge in [-0.15, -0.1) is 0 Å². The quantitative estimate of drug-likeness (QED) is 0.901. The number of amides is 1. The Morgan fingerprint density at radius 2 is 1.88 bits per heavy atom. The fourth-order valence-corrected chi connectivity index (χ4v) is 3.13. The SMILES string of the molecule is O=C(Nc1ccc2c(c1)OCO2)c1cncc(NC2CCCC2)c1. The Labute approximate surface area is 140 Å². The van der Waals surface area contributed by atoms with Crippen molar-refractivity contribution in [3.8, 4) is 11.5 Å². The highest BCUT2D eigenvalue weighted by molar-refractivity contribution is 6.04. The van der Waals surface area contributed by atoms with Crippen molar-refractivity contribution >= 4 is 17.3 Å². The molecule has 1 fully saturated rings. The molecule has 1 saturated carbocycles. The number of fused-ring (bicyclic) bond motifs is 1. The Bertz CT molecular complexity index is 757. The molecule has 1 aliphatic carbocycles. The summed E-state index contributed by atoms with van der Waals surface area (Å²) in [5, 5.41) is 6.32. The molecular formula is C18H19N3O3. The largest absolute Gasteiger partial charge is 0.454 e. The molecule has 2 aliphatic rings. The summed E-state index contributed by atoms with van der Waals surface area (Å²) in [6.45, 7) is 0.214. The summed E-state index contributed by atoms with van der Waals surface area (Å²) in [4.78, 5) is 16.6. The Hall–Kier alpha value is -2.76. The Morgan fingerprint density at radius 3 is 2.75 bits per heavy atom. The van der Waals surface area contributed by atoms with Crippen LogP contribution in [0.4, 0.5) is 11.4 Å². The minimum absolute atomic E-state index is 0.198. The minimum Gasteiger partial charge on any atom is -0.454 e. The molecule has 24 heavy (non-hydrogen) atoms. The molecule has 4 rings (SSSR count). The monoisotopic (exact) mass is 325 g/mol. The average Bonchev–Trinajstić information content (AvgIpc) is 3.26. The van der Waals surface area contributed by atoms with Crippen LogP contribution in [0.5, 0.6) is 11.5 Å². The zero-order valence-electron chi connectivity index (χ0n) is 13.2. The Morgan fingerprint density at radius 1 is 1.04 bits per heavy atom. The second-order valence-electron chi connectivity index (χ2n) is 6.11. The van der Waals surface area contributed by atoms with E-state index in [1.807, 2.05) is 6.07 Å². The number of ether oxygens (including phenoxy) is 2. The standard InChI is InChI=1S/C18H19N3O3/c22-18(21-14-5-6-16-17(8-14)24-11-23-16)12-7-15(10-19-9-12)20-13-3-1-2-4-13/h5-10,13,20H,1-4,11H2,(H,21,22). The molecule has 6 nitrogen and oxygen atoms in total. The van der Waals surface area contributed by atoms with E-state index in [1.165, 1.54) is 25.7 Å². The van der Waals surface area contributed by atoms with Crippen molar-refractivity contribution in [3.05, 3.63) is 42.2 Å². The topological polar surface area (TPSA) is 72.5 Å². The number of nitrogens with one attached hydrogen (secondary N) is 2. The van der Waals surface area contributed by atoms with Crippen molar-refractivity contribution < 1.29 is 14.3 Å². The first kappa shape index (κ1) is 14.8. The van der Waals surface area contributed by atoms with Gasteiger partial charge in [0.25, 0.3) is 5.91 Å². The van der Waals surface area contributed by atoms with Gasteiger partial charge in [0, 0.05) is 30.2 Å². The van der Waals surface area contributed by atoms with Gasteiger partial charge in [0.15, 0.2) is 11.5 Å². The molecule has 6 heteroatoms. The van der Waals surface area contributed by atoms with Gasteiger partial charge in [-0.3, -0.25) is 9.78 Å². The van der Waals surface area contributed by atoms with E-state index in [1.54, 1.807) is 30.6 Å². The number of aromatic nitrogens is 1. The molecule has 0 unspecified atom stereocenters. The van der Waals surface area contributed by atoms with E-state index in [0.29, 0.717) is 28.8 Å². The smallest absolute Gasteiger partial charge is 0.257 e. The second-order valence-corrected chi connectivity index (χ2v) is 6.11. The van der Waals surface area contributed by atoms with E-state index >= 15 is 0 Å². The molecule has 2 aromatic rings. The summed E-state index contributed by atoms with van der Waals surface area (Å²) < 4.78 is 10.6. The normalized spacial score (nSPS) is 16.2. The minimum atomic E-state index is -0.198. The predicted octanol–water partition coefficient (Wildman–Crippen LogP) is 3.42. The van der Waals surface area contributed by atoms with Gasteiger partial charge in [-0.2, -0.15) is 0 Å². The molecule has 1 aromatic carbocycles. The van der Waals surface area contributed by atoms with Gasteiger partial charge >= 0.3 is 0 Å². The number of pyridine rings is 1. The van der Waals surface area contributed by atoms with Gasteiger partial charge < -0.3 is 20.1 Å². The first-order chi connectivity index (χ1) is 11.8. The van der Waals surface area contributed by atoms with Crippen LogP contribution in [0.3, 0.4) is 0 Å². The maximum absolute atomic E-state index is 12.5. The number of carbonyl (C=O) groups is 1. The van der Waals surface area contributed by atoms with Crippen LogP contribution >= 0.6 is 0 Å². The maximum atomic E-state index is 12.5. The number of anilines is 2. The Kier molecular flexibility index (Phi) is 3.94. The number of carbonyl (C=O) groups excluding carboxylic acids is 1. The van der Waals surface area contributed by atoms with Crippen molar-refractivity contribution in [2.45, 2.75) is 31.7 Å². The number of nitrogens with zero attached hydrogens (tertiary/aromatic N) is 1. The summed E-state index contributed by atoms with van der Waals surface area (Å²) in [6.07, 6.45) is 8.20. The summed E-state index contributed by atoms with van der Waals surface area (Å²) in [5.41, 5.74) is 2.08. The Balaban J connectivity index is 1.45.